The monoisotopic (exact) mass is 689 g/mol. The predicted octanol–water partition coefficient (Wildman–Crippen LogP) is 14.9. The number of para-hydroxylation sites is 2. The van der Waals surface area contributed by atoms with Crippen molar-refractivity contribution in [3.8, 4) is 44.5 Å². The second kappa shape index (κ2) is 13.4. The highest BCUT2D eigenvalue weighted by Gasteiger charge is 2.21. The Morgan fingerprint density at radius 2 is 0.870 bits per heavy atom. The van der Waals surface area contributed by atoms with E-state index in [1.54, 1.807) is 0 Å². The number of anilines is 3. The Balaban J connectivity index is 1.14. The summed E-state index contributed by atoms with van der Waals surface area (Å²) in [7, 11) is 0. The van der Waals surface area contributed by atoms with Crippen LogP contribution in [0.15, 0.2) is 217 Å². The second-order valence-electron chi connectivity index (χ2n) is 13.7. The molecular formula is C52H35NO. The zero-order valence-electron chi connectivity index (χ0n) is 29.6. The number of nitrogens with zero attached hydrogens (tertiary/aromatic N) is 1. The second-order valence-corrected chi connectivity index (χ2v) is 13.7. The number of hydrogen-bond acceptors (Lipinski definition) is 2. The van der Waals surface area contributed by atoms with Crippen LogP contribution in [-0.4, -0.2) is 0 Å². The Morgan fingerprint density at radius 1 is 0.315 bits per heavy atom. The van der Waals surface area contributed by atoms with Gasteiger partial charge in [0.05, 0.1) is 5.69 Å². The van der Waals surface area contributed by atoms with E-state index < -0.39 is 0 Å². The summed E-state index contributed by atoms with van der Waals surface area (Å²) >= 11 is 0. The van der Waals surface area contributed by atoms with Crippen molar-refractivity contribution in [2.24, 2.45) is 0 Å². The molecular weight excluding hydrogens is 655 g/mol. The fourth-order valence-corrected chi connectivity index (χ4v) is 7.94. The molecule has 0 radical (unpaired) electrons. The molecule has 0 saturated carbocycles. The maximum atomic E-state index is 6.61. The molecule has 9 aromatic carbocycles. The molecule has 0 fully saturated rings. The van der Waals surface area contributed by atoms with Gasteiger partial charge in [0.15, 0.2) is 5.58 Å². The molecule has 10 aromatic rings. The van der Waals surface area contributed by atoms with Gasteiger partial charge in [0, 0.05) is 22.1 Å². The van der Waals surface area contributed by atoms with Gasteiger partial charge < -0.3 is 9.32 Å². The summed E-state index contributed by atoms with van der Waals surface area (Å²) in [5.74, 6) is 0. The Hall–Kier alpha value is -7.16. The maximum absolute atomic E-state index is 6.61. The molecule has 0 N–H and O–H groups in total. The first kappa shape index (κ1) is 31.6. The Morgan fingerprint density at radius 3 is 1.61 bits per heavy atom. The van der Waals surface area contributed by atoms with Gasteiger partial charge in [-0.15, -0.1) is 0 Å². The van der Waals surface area contributed by atoms with Crippen molar-refractivity contribution in [1.82, 2.24) is 0 Å². The lowest BCUT2D eigenvalue weighted by Crippen LogP contribution is -2.10. The third-order valence-corrected chi connectivity index (χ3v) is 10.5. The number of rotatable bonds is 7. The zero-order chi connectivity index (χ0) is 35.8. The van der Waals surface area contributed by atoms with E-state index in [4.69, 9.17) is 4.42 Å². The summed E-state index contributed by atoms with van der Waals surface area (Å²) in [4.78, 5) is 2.32. The lowest BCUT2D eigenvalue weighted by Gasteiger charge is -2.26. The van der Waals surface area contributed by atoms with Crippen molar-refractivity contribution in [2.45, 2.75) is 0 Å². The van der Waals surface area contributed by atoms with Gasteiger partial charge in [-0.3, -0.25) is 0 Å². The number of fused-ring (bicyclic) bond motifs is 4. The molecule has 0 aliphatic carbocycles. The van der Waals surface area contributed by atoms with E-state index in [0.717, 1.165) is 44.6 Å². The highest BCUT2D eigenvalue weighted by atomic mass is 16.3. The van der Waals surface area contributed by atoms with E-state index in [1.807, 2.05) is 12.1 Å². The van der Waals surface area contributed by atoms with E-state index in [1.165, 1.54) is 49.7 Å². The third-order valence-electron chi connectivity index (χ3n) is 10.5. The lowest BCUT2D eigenvalue weighted by molar-refractivity contribution is 0.669. The number of hydrogen-bond donors (Lipinski definition) is 0. The molecule has 0 atom stereocenters. The summed E-state index contributed by atoms with van der Waals surface area (Å²) in [5, 5.41) is 4.66. The molecule has 54 heavy (non-hydrogen) atoms. The smallest absolute Gasteiger partial charge is 0.159 e. The first-order valence-electron chi connectivity index (χ1n) is 18.4. The van der Waals surface area contributed by atoms with Gasteiger partial charge in [0.2, 0.25) is 0 Å². The molecule has 0 unspecified atom stereocenters. The van der Waals surface area contributed by atoms with Crippen molar-refractivity contribution < 1.29 is 4.42 Å². The Labute approximate surface area is 314 Å². The molecule has 0 aliphatic rings. The minimum absolute atomic E-state index is 0.865. The molecule has 0 spiro atoms. The van der Waals surface area contributed by atoms with E-state index in [9.17, 15) is 0 Å². The number of furan rings is 1. The van der Waals surface area contributed by atoms with E-state index in [0.29, 0.717) is 0 Å². The number of benzene rings is 9. The average Bonchev–Trinajstić information content (AvgIpc) is 3.64. The van der Waals surface area contributed by atoms with Gasteiger partial charge in [-0.2, -0.15) is 0 Å². The van der Waals surface area contributed by atoms with Crippen LogP contribution in [0.25, 0.3) is 77.2 Å². The van der Waals surface area contributed by atoms with Crippen LogP contribution in [0.1, 0.15) is 0 Å². The average molecular weight is 690 g/mol. The first-order valence-corrected chi connectivity index (χ1v) is 18.4. The normalized spacial score (nSPS) is 11.3. The van der Waals surface area contributed by atoms with Gasteiger partial charge >= 0.3 is 0 Å². The quantitative estimate of drug-likeness (QED) is 0.166. The third kappa shape index (κ3) is 5.53. The Bertz CT molecular complexity index is 2910. The highest BCUT2D eigenvalue weighted by molar-refractivity contribution is 6.10. The van der Waals surface area contributed by atoms with E-state index >= 15 is 0 Å². The molecule has 0 aliphatic heterocycles. The van der Waals surface area contributed by atoms with Crippen LogP contribution < -0.4 is 4.90 Å². The van der Waals surface area contributed by atoms with Crippen LogP contribution in [-0.2, 0) is 0 Å². The van der Waals surface area contributed by atoms with Crippen molar-refractivity contribution in [3.05, 3.63) is 212 Å². The first-order chi connectivity index (χ1) is 26.8. The predicted molar refractivity (Wildman–Crippen MR) is 228 cm³/mol. The minimum Gasteiger partial charge on any atom is -0.454 e. The van der Waals surface area contributed by atoms with Crippen LogP contribution in [0, 0.1) is 0 Å². The summed E-state index contributed by atoms with van der Waals surface area (Å²) in [5.41, 5.74) is 14.4. The standard InChI is InChI=1S/C52H35NO/c1-3-14-36(15-4-1)37-26-31-41(32-27-37)53(49-24-13-23-48-46-22-11-12-25-50(46)54-52(48)49)42-33-28-40(29-34-42)51-44-20-8-7-18-39(44)30-35-47(51)45-21-10-9-19-43(45)38-16-5-2-6-17-38/h1-35H. The highest BCUT2D eigenvalue weighted by Crippen LogP contribution is 2.45. The molecule has 2 nitrogen and oxygen atoms in total. The summed E-state index contributed by atoms with van der Waals surface area (Å²) < 4.78 is 6.61. The maximum Gasteiger partial charge on any atom is 0.159 e. The Kier molecular flexibility index (Phi) is 7.85. The summed E-state index contributed by atoms with van der Waals surface area (Å²) in [6, 6.07) is 75.8. The zero-order valence-corrected chi connectivity index (χ0v) is 29.6. The fourth-order valence-electron chi connectivity index (χ4n) is 7.94. The molecule has 0 amide bonds. The molecule has 10 rings (SSSR count). The lowest BCUT2D eigenvalue weighted by atomic mass is 9.86. The minimum atomic E-state index is 0.865. The van der Waals surface area contributed by atoms with Gasteiger partial charge in [-0.25, -0.2) is 0 Å². The molecule has 0 saturated heterocycles. The largest absolute Gasteiger partial charge is 0.454 e. The molecule has 1 heterocycles. The van der Waals surface area contributed by atoms with Crippen molar-refractivity contribution in [2.75, 3.05) is 4.90 Å². The van der Waals surface area contributed by atoms with Gasteiger partial charge in [-0.05, 0) is 91.7 Å². The van der Waals surface area contributed by atoms with Crippen LogP contribution in [0.3, 0.4) is 0 Å². The molecule has 2 heteroatoms. The molecule has 1 aromatic heterocycles. The van der Waals surface area contributed by atoms with Gasteiger partial charge in [-0.1, -0.05) is 176 Å². The topological polar surface area (TPSA) is 16.4 Å². The SMILES string of the molecule is c1ccc(-c2ccc(N(c3ccc(-c4c(-c5ccccc5-c5ccccc5)ccc5ccccc45)cc3)c3cccc4c3oc3ccccc34)cc2)cc1. The van der Waals surface area contributed by atoms with Crippen LogP contribution >= 0.6 is 0 Å². The summed E-state index contributed by atoms with van der Waals surface area (Å²) in [6.45, 7) is 0. The van der Waals surface area contributed by atoms with Crippen LogP contribution in [0.5, 0.6) is 0 Å². The van der Waals surface area contributed by atoms with E-state index in [2.05, 4.69) is 205 Å². The van der Waals surface area contributed by atoms with Gasteiger partial charge in [0.25, 0.3) is 0 Å². The fraction of sp³-hybridized carbons (Fsp3) is 0. The van der Waals surface area contributed by atoms with Gasteiger partial charge in [0.1, 0.15) is 5.58 Å². The molecule has 254 valence electrons. The summed E-state index contributed by atoms with van der Waals surface area (Å²) in [6.07, 6.45) is 0. The van der Waals surface area contributed by atoms with Crippen molar-refractivity contribution in [3.63, 3.8) is 0 Å². The van der Waals surface area contributed by atoms with E-state index in [-0.39, 0.29) is 0 Å². The van der Waals surface area contributed by atoms with Crippen LogP contribution in [0.4, 0.5) is 17.1 Å². The van der Waals surface area contributed by atoms with Crippen molar-refractivity contribution in [1.29, 1.82) is 0 Å². The van der Waals surface area contributed by atoms with Crippen molar-refractivity contribution >= 4 is 49.8 Å². The molecule has 0 bridgehead atoms. The van der Waals surface area contributed by atoms with Crippen LogP contribution in [0.2, 0.25) is 0 Å².